The average Bonchev–Trinajstić information content (AvgIpc) is 2.24. The van der Waals surface area contributed by atoms with Crippen molar-refractivity contribution in [3.8, 4) is 0 Å². The predicted octanol–water partition coefficient (Wildman–Crippen LogP) is 3.56. The zero-order chi connectivity index (χ0) is 11.8. The van der Waals surface area contributed by atoms with Crippen molar-refractivity contribution < 1.29 is 0 Å². The van der Waals surface area contributed by atoms with Gasteiger partial charge in [-0.15, -0.1) is 0 Å². The van der Waals surface area contributed by atoms with Gasteiger partial charge in [-0.2, -0.15) is 0 Å². The van der Waals surface area contributed by atoms with Crippen LogP contribution in [0.1, 0.15) is 51.8 Å². The van der Waals surface area contributed by atoms with Crippen LogP contribution < -0.4 is 5.32 Å². The van der Waals surface area contributed by atoms with E-state index in [2.05, 4.69) is 29.1 Å². The molecule has 0 fully saturated rings. The van der Waals surface area contributed by atoms with E-state index < -0.39 is 0 Å². The molecule has 3 nitrogen and oxygen atoms in total. The van der Waals surface area contributed by atoms with Gasteiger partial charge in [-0.3, -0.25) is 0 Å². The average molecular weight is 221 g/mol. The first kappa shape index (κ1) is 12.9. The molecule has 1 aromatic rings. The molecule has 90 valence electrons. The van der Waals surface area contributed by atoms with E-state index in [1.165, 1.54) is 32.1 Å². The smallest absolute Gasteiger partial charge is 0.129 e. The summed E-state index contributed by atoms with van der Waals surface area (Å²) < 4.78 is 0. The van der Waals surface area contributed by atoms with Gasteiger partial charge in [0.15, 0.2) is 0 Å². The van der Waals surface area contributed by atoms with Gasteiger partial charge in [-0.05, 0) is 26.3 Å². The molecule has 0 aliphatic heterocycles. The van der Waals surface area contributed by atoms with Gasteiger partial charge in [0.05, 0.1) is 0 Å². The molecule has 0 aromatic carbocycles. The second-order valence-electron chi connectivity index (χ2n) is 4.38. The molecule has 1 unspecified atom stereocenters. The number of aromatic nitrogens is 2. The number of unbranched alkanes of at least 4 members (excludes halogenated alkanes) is 3. The number of rotatable bonds is 7. The highest BCUT2D eigenvalue weighted by Crippen LogP contribution is 2.10. The zero-order valence-corrected chi connectivity index (χ0v) is 10.7. The molecule has 0 aliphatic carbocycles. The maximum absolute atomic E-state index is 4.34. The minimum atomic E-state index is 0.492. The van der Waals surface area contributed by atoms with Crippen LogP contribution in [0, 0.1) is 6.92 Å². The van der Waals surface area contributed by atoms with Crippen molar-refractivity contribution in [1.82, 2.24) is 9.97 Å². The first-order chi connectivity index (χ1) is 7.72. The second-order valence-corrected chi connectivity index (χ2v) is 4.38. The highest BCUT2D eigenvalue weighted by atomic mass is 15.0. The lowest BCUT2D eigenvalue weighted by Crippen LogP contribution is -2.16. The maximum atomic E-state index is 4.34. The minimum Gasteiger partial charge on any atom is -0.368 e. The Bertz CT molecular complexity index is 299. The third-order valence-electron chi connectivity index (χ3n) is 2.66. The number of hydrogen-bond acceptors (Lipinski definition) is 3. The Morgan fingerprint density at radius 2 is 2.12 bits per heavy atom. The van der Waals surface area contributed by atoms with Crippen LogP contribution in [0.4, 0.5) is 5.82 Å². The monoisotopic (exact) mass is 221 g/mol. The molecular weight excluding hydrogens is 198 g/mol. The number of aryl methyl sites for hydroxylation is 1. The molecule has 1 atom stereocenters. The lowest BCUT2D eigenvalue weighted by molar-refractivity contribution is 0.593. The fraction of sp³-hybridized carbons (Fsp3) is 0.692. The fourth-order valence-corrected chi connectivity index (χ4v) is 1.74. The molecule has 1 heterocycles. The summed E-state index contributed by atoms with van der Waals surface area (Å²) in [6, 6.07) is 2.42. The Morgan fingerprint density at radius 1 is 1.31 bits per heavy atom. The molecule has 0 radical (unpaired) electrons. The molecular formula is C13H23N3. The van der Waals surface area contributed by atoms with E-state index in [0.29, 0.717) is 6.04 Å². The van der Waals surface area contributed by atoms with Crippen molar-refractivity contribution in [2.45, 2.75) is 58.9 Å². The largest absolute Gasteiger partial charge is 0.368 e. The van der Waals surface area contributed by atoms with E-state index in [1.807, 2.05) is 13.0 Å². The first-order valence-electron chi connectivity index (χ1n) is 6.28. The van der Waals surface area contributed by atoms with Gasteiger partial charge in [0.1, 0.15) is 11.6 Å². The van der Waals surface area contributed by atoms with Crippen LogP contribution in [-0.2, 0) is 0 Å². The van der Waals surface area contributed by atoms with Crippen LogP contribution in [0.15, 0.2) is 12.3 Å². The van der Waals surface area contributed by atoms with Crippen LogP contribution in [0.5, 0.6) is 0 Å². The minimum absolute atomic E-state index is 0.492. The SMILES string of the molecule is CCCCCCC(C)Nc1ccnc(C)n1. The Hall–Kier alpha value is -1.12. The van der Waals surface area contributed by atoms with Crippen LogP contribution >= 0.6 is 0 Å². The van der Waals surface area contributed by atoms with Crippen molar-refractivity contribution >= 4 is 5.82 Å². The molecule has 0 saturated heterocycles. The Balaban J connectivity index is 2.25. The normalized spacial score (nSPS) is 12.4. The van der Waals surface area contributed by atoms with Gasteiger partial charge in [0.2, 0.25) is 0 Å². The number of anilines is 1. The van der Waals surface area contributed by atoms with Gasteiger partial charge in [-0.25, -0.2) is 9.97 Å². The highest BCUT2D eigenvalue weighted by molar-refractivity contribution is 5.33. The Morgan fingerprint density at radius 3 is 2.81 bits per heavy atom. The van der Waals surface area contributed by atoms with Crippen molar-refractivity contribution in [3.63, 3.8) is 0 Å². The van der Waals surface area contributed by atoms with Gasteiger partial charge < -0.3 is 5.32 Å². The Kier molecular flexibility index (Phi) is 5.83. The van der Waals surface area contributed by atoms with E-state index in [1.54, 1.807) is 6.20 Å². The summed E-state index contributed by atoms with van der Waals surface area (Å²) in [6.45, 7) is 6.37. The number of hydrogen-bond donors (Lipinski definition) is 1. The van der Waals surface area contributed by atoms with Crippen LogP contribution in [0.25, 0.3) is 0 Å². The molecule has 3 heteroatoms. The molecule has 0 spiro atoms. The second kappa shape index (κ2) is 7.20. The van der Waals surface area contributed by atoms with Gasteiger partial charge in [-0.1, -0.05) is 32.6 Å². The lowest BCUT2D eigenvalue weighted by atomic mass is 10.1. The molecule has 1 N–H and O–H groups in total. The zero-order valence-electron chi connectivity index (χ0n) is 10.7. The fourth-order valence-electron chi connectivity index (χ4n) is 1.74. The highest BCUT2D eigenvalue weighted by Gasteiger charge is 2.02. The molecule has 16 heavy (non-hydrogen) atoms. The Labute approximate surface area is 98.7 Å². The molecule has 0 saturated carbocycles. The summed E-state index contributed by atoms with van der Waals surface area (Å²) in [5.74, 6) is 1.76. The summed E-state index contributed by atoms with van der Waals surface area (Å²) in [7, 11) is 0. The van der Waals surface area contributed by atoms with Crippen molar-refractivity contribution in [3.05, 3.63) is 18.1 Å². The predicted molar refractivity (Wildman–Crippen MR) is 68.6 cm³/mol. The van der Waals surface area contributed by atoms with Gasteiger partial charge in [0.25, 0.3) is 0 Å². The third kappa shape index (κ3) is 5.10. The van der Waals surface area contributed by atoms with Crippen molar-refractivity contribution in [2.24, 2.45) is 0 Å². The van der Waals surface area contributed by atoms with Gasteiger partial charge >= 0.3 is 0 Å². The standard InChI is InChI=1S/C13H23N3/c1-4-5-6-7-8-11(2)15-13-9-10-14-12(3)16-13/h9-11H,4-8H2,1-3H3,(H,14,15,16). The van der Waals surface area contributed by atoms with E-state index in [9.17, 15) is 0 Å². The van der Waals surface area contributed by atoms with Crippen LogP contribution in [-0.4, -0.2) is 16.0 Å². The summed E-state index contributed by atoms with van der Waals surface area (Å²) in [5, 5.41) is 3.41. The van der Waals surface area contributed by atoms with Crippen LogP contribution in [0.3, 0.4) is 0 Å². The molecule has 0 bridgehead atoms. The summed E-state index contributed by atoms with van der Waals surface area (Å²) in [6.07, 6.45) is 8.29. The van der Waals surface area contributed by atoms with E-state index in [4.69, 9.17) is 0 Å². The summed E-state index contributed by atoms with van der Waals surface area (Å²) in [4.78, 5) is 8.42. The molecule has 1 aromatic heterocycles. The molecule has 0 aliphatic rings. The van der Waals surface area contributed by atoms with E-state index >= 15 is 0 Å². The number of nitrogens with zero attached hydrogens (tertiary/aromatic N) is 2. The summed E-state index contributed by atoms with van der Waals surface area (Å²) >= 11 is 0. The first-order valence-corrected chi connectivity index (χ1v) is 6.28. The lowest BCUT2D eigenvalue weighted by Gasteiger charge is -2.14. The van der Waals surface area contributed by atoms with Gasteiger partial charge in [0, 0.05) is 12.2 Å². The van der Waals surface area contributed by atoms with Crippen molar-refractivity contribution in [2.75, 3.05) is 5.32 Å². The third-order valence-corrected chi connectivity index (χ3v) is 2.66. The van der Waals surface area contributed by atoms with E-state index in [-0.39, 0.29) is 0 Å². The maximum Gasteiger partial charge on any atom is 0.129 e. The quantitative estimate of drug-likeness (QED) is 0.715. The summed E-state index contributed by atoms with van der Waals surface area (Å²) in [5.41, 5.74) is 0. The number of nitrogens with one attached hydrogen (secondary N) is 1. The molecule has 1 rings (SSSR count). The van der Waals surface area contributed by atoms with E-state index in [0.717, 1.165) is 11.6 Å². The van der Waals surface area contributed by atoms with Crippen molar-refractivity contribution in [1.29, 1.82) is 0 Å². The topological polar surface area (TPSA) is 37.8 Å². The molecule has 0 amide bonds. The van der Waals surface area contributed by atoms with Crippen LogP contribution in [0.2, 0.25) is 0 Å².